The fraction of sp³-hybridized carbons (Fsp3) is 0.118. The lowest BCUT2D eigenvalue weighted by Gasteiger charge is -2.11. The lowest BCUT2D eigenvalue weighted by atomic mass is 10.1. The first kappa shape index (κ1) is 13.2. The summed E-state index contributed by atoms with van der Waals surface area (Å²) in [7, 11) is 0. The van der Waals surface area contributed by atoms with E-state index in [0.717, 1.165) is 33.7 Å². The average Bonchev–Trinajstić information content (AvgIpc) is 2.51. The van der Waals surface area contributed by atoms with Crippen LogP contribution >= 0.6 is 0 Å². The molecule has 0 aliphatic rings. The predicted molar refractivity (Wildman–Crippen MR) is 87.0 cm³/mol. The van der Waals surface area contributed by atoms with Crippen molar-refractivity contribution in [1.82, 2.24) is 4.98 Å². The molecule has 1 aromatic heterocycles. The van der Waals surface area contributed by atoms with Crippen molar-refractivity contribution in [3.05, 3.63) is 54.7 Å². The van der Waals surface area contributed by atoms with Gasteiger partial charge in [-0.25, -0.2) is 0 Å². The highest BCUT2D eigenvalue weighted by Gasteiger charge is 2.05. The Bertz CT molecular complexity index is 771. The summed E-state index contributed by atoms with van der Waals surface area (Å²) >= 11 is 0. The molecule has 0 saturated carbocycles. The highest BCUT2D eigenvalue weighted by atomic mass is 16.5. The highest BCUT2D eigenvalue weighted by molar-refractivity contribution is 5.99. The first-order valence-corrected chi connectivity index (χ1v) is 6.91. The van der Waals surface area contributed by atoms with Crippen LogP contribution < -0.4 is 15.8 Å². The molecule has 0 aliphatic heterocycles. The molecular weight excluding hydrogens is 262 g/mol. The van der Waals surface area contributed by atoms with Gasteiger partial charge in [-0.05, 0) is 43.3 Å². The first-order chi connectivity index (χ1) is 10.3. The minimum atomic E-state index is 0.649. The fourth-order valence-corrected chi connectivity index (χ4v) is 2.28. The van der Waals surface area contributed by atoms with Crippen molar-refractivity contribution in [3.63, 3.8) is 0 Å². The van der Waals surface area contributed by atoms with Crippen LogP contribution in [-0.4, -0.2) is 11.6 Å². The van der Waals surface area contributed by atoms with E-state index in [-0.39, 0.29) is 0 Å². The Labute approximate surface area is 123 Å². The number of nitrogens with zero attached hydrogens (tertiary/aromatic N) is 1. The van der Waals surface area contributed by atoms with Crippen molar-refractivity contribution in [2.75, 3.05) is 17.7 Å². The zero-order valence-corrected chi connectivity index (χ0v) is 11.8. The summed E-state index contributed by atoms with van der Waals surface area (Å²) in [5, 5.41) is 4.32. The number of rotatable bonds is 4. The van der Waals surface area contributed by atoms with Gasteiger partial charge in [0.1, 0.15) is 5.75 Å². The maximum atomic E-state index is 5.99. The van der Waals surface area contributed by atoms with Crippen LogP contribution in [0.1, 0.15) is 6.92 Å². The van der Waals surface area contributed by atoms with Crippen molar-refractivity contribution in [2.24, 2.45) is 0 Å². The molecule has 21 heavy (non-hydrogen) atoms. The van der Waals surface area contributed by atoms with Gasteiger partial charge in [0.15, 0.2) is 0 Å². The van der Waals surface area contributed by atoms with E-state index >= 15 is 0 Å². The number of ether oxygens (including phenoxy) is 1. The zero-order valence-electron chi connectivity index (χ0n) is 11.8. The van der Waals surface area contributed by atoms with Gasteiger partial charge in [0, 0.05) is 29.0 Å². The Kier molecular flexibility index (Phi) is 3.60. The number of nitrogens with one attached hydrogen (secondary N) is 1. The summed E-state index contributed by atoms with van der Waals surface area (Å²) < 4.78 is 5.52. The number of fused-ring (bicyclic) bond motifs is 1. The summed E-state index contributed by atoms with van der Waals surface area (Å²) in [5.41, 5.74) is 9.46. The zero-order chi connectivity index (χ0) is 14.7. The Morgan fingerprint density at radius 3 is 2.90 bits per heavy atom. The van der Waals surface area contributed by atoms with Gasteiger partial charge in [-0.2, -0.15) is 0 Å². The third kappa shape index (κ3) is 2.74. The van der Waals surface area contributed by atoms with E-state index in [0.29, 0.717) is 6.61 Å². The molecule has 1 heterocycles. The van der Waals surface area contributed by atoms with Crippen molar-refractivity contribution in [3.8, 4) is 5.75 Å². The van der Waals surface area contributed by atoms with Gasteiger partial charge in [0.25, 0.3) is 0 Å². The van der Waals surface area contributed by atoms with Gasteiger partial charge >= 0.3 is 0 Å². The average molecular weight is 279 g/mol. The predicted octanol–water partition coefficient (Wildman–Crippen LogP) is 3.96. The Hall–Kier alpha value is -2.75. The number of hydrogen-bond donors (Lipinski definition) is 2. The molecule has 4 heteroatoms. The molecule has 0 atom stereocenters. The number of aromatic nitrogens is 1. The summed E-state index contributed by atoms with van der Waals surface area (Å²) in [6.45, 7) is 2.62. The lowest BCUT2D eigenvalue weighted by Crippen LogP contribution is -1.97. The van der Waals surface area contributed by atoms with Crippen molar-refractivity contribution < 1.29 is 4.74 Å². The molecule has 2 aromatic carbocycles. The maximum Gasteiger partial charge on any atom is 0.121 e. The van der Waals surface area contributed by atoms with E-state index in [1.807, 2.05) is 55.5 Å². The molecule has 3 rings (SSSR count). The van der Waals surface area contributed by atoms with E-state index < -0.39 is 0 Å². The van der Waals surface area contributed by atoms with Gasteiger partial charge in [0.2, 0.25) is 0 Å². The van der Waals surface area contributed by atoms with E-state index in [2.05, 4.69) is 10.3 Å². The summed E-state index contributed by atoms with van der Waals surface area (Å²) in [6, 6.07) is 15.5. The molecule has 0 unspecified atom stereocenters. The molecule has 3 N–H and O–H groups in total. The van der Waals surface area contributed by atoms with Crippen LogP contribution in [0.5, 0.6) is 5.75 Å². The van der Waals surface area contributed by atoms with Gasteiger partial charge in [-0.3, -0.25) is 4.98 Å². The van der Waals surface area contributed by atoms with Crippen LogP contribution in [0.3, 0.4) is 0 Å². The molecule has 3 aromatic rings. The Balaban J connectivity index is 1.98. The highest BCUT2D eigenvalue weighted by Crippen LogP contribution is 2.29. The SMILES string of the molecule is CCOc1cccc(Nc2ccc(N)c3cccnc23)c1. The molecule has 0 amide bonds. The number of nitrogen functional groups attached to an aromatic ring is 1. The van der Waals surface area contributed by atoms with Crippen LogP contribution in [0.4, 0.5) is 17.1 Å². The van der Waals surface area contributed by atoms with Crippen LogP contribution in [-0.2, 0) is 0 Å². The second-order valence-electron chi connectivity index (χ2n) is 4.69. The summed E-state index contributed by atoms with van der Waals surface area (Å²) in [6.07, 6.45) is 1.77. The fourth-order valence-electron chi connectivity index (χ4n) is 2.28. The first-order valence-electron chi connectivity index (χ1n) is 6.91. The van der Waals surface area contributed by atoms with Crippen molar-refractivity contribution >= 4 is 28.0 Å². The third-order valence-electron chi connectivity index (χ3n) is 3.23. The molecule has 0 aliphatic carbocycles. The molecule has 0 radical (unpaired) electrons. The number of benzene rings is 2. The molecule has 106 valence electrons. The second-order valence-corrected chi connectivity index (χ2v) is 4.69. The number of pyridine rings is 1. The topological polar surface area (TPSA) is 60.2 Å². The smallest absolute Gasteiger partial charge is 0.121 e. The van der Waals surface area contributed by atoms with Crippen LogP contribution in [0.2, 0.25) is 0 Å². The van der Waals surface area contributed by atoms with Crippen molar-refractivity contribution in [2.45, 2.75) is 6.92 Å². The minimum Gasteiger partial charge on any atom is -0.494 e. The molecule has 0 spiro atoms. The lowest BCUT2D eigenvalue weighted by molar-refractivity contribution is 0.340. The number of hydrogen-bond acceptors (Lipinski definition) is 4. The number of nitrogens with two attached hydrogens (primary N) is 1. The Morgan fingerprint density at radius 1 is 1.14 bits per heavy atom. The van der Waals surface area contributed by atoms with E-state index in [1.54, 1.807) is 6.20 Å². The maximum absolute atomic E-state index is 5.99. The summed E-state index contributed by atoms with van der Waals surface area (Å²) in [4.78, 5) is 4.42. The van der Waals surface area contributed by atoms with Crippen molar-refractivity contribution in [1.29, 1.82) is 0 Å². The quantitative estimate of drug-likeness (QED) is 0.710. The standard InChI is InChI=1S/C17H17N3O/c1-2-21-13-6-3-5-12(11-13)20-16-9-8-15(18)14-7-4-10-19-17(14)16/h3-11,20H,2,18H2,1H3. The van der Waals surface area contributed by atoms with Crippen LogP contribution in [0, 0.1) is 0 Å². The van der Waals surface area contributed by atoms with E-state index in [1.165, 1.54) is 0 Å². The third-order valence-corrected chi connectivity index (χ3v) is 3.23. The monoisotopic (exact) mass is 279 g/mol. The Morgan fingerprint density at radius 2 is 2.05 bits per heavy atom. The number of anilines is 3. The molecule has 4 nitrogen and oxygen atoms in total. The minimum absolute atomic E-state index is 0.649. The molecule has 0 fully saturated rings. The second kappa shape index (κ2) is 5.71. The van der Waals surface area contributed by atoms with Crippen LogP contribution in [0.15, 0.2) is 54.7 Å². The summed E-state index contributed by atoms with van der Waals surface area (Å²) in [5.74, 6) is 0.843. The van der Waals surface area contributed by atoms with Gasteiger partial charge < -0.3 is 15.8 Å². The molecule has 0 bridgehead atoms. The van der Waals surface area contributed by atoms with E-state index in [9.17, 15) is 0 Å². The van der Waals surface area contributed by atoms with Crippen LogP contribution in [0.25, 0.3) is 10.9 Å². The largest absolute Gasteiger partial charge is 0.494 e. The van der Waals surface area contributed by atoms with Gasteiger partial charge in [-0.15, -0.1) is 0 Å². The van der Waals surface area contributed by atoms with Gasteiger partial charge in [0.05, 0.1) is 17.8 Å². The van der Waals surface area contributed by atoms with E-state index in [4.69, 9.17) is 10.5 Å². The molecule has 0 saturated heterocycles. The normalized spacial score (nSPS) is 10.5. The van der Waals surface area contributed by atoms with Gasteiger partial charge in [-0.1, -0.05) is 6.07 Å². The molecular formula is C17H17N3O.